The van der Waals surface area contributed by atoms with Crippen LogP contribution in [-0.4, -0.2) is 17.4 Å². The van der Waals surface area contributed by atoms with Crippen LogP contribution >= 0.6 is 0 Å². The van der Waals surface area contributed by atoms with Gasteiger partial charge in [-0.15, -0.1) is 5.73 Å². The van der Waals surface area contributed by atoms with Gasteiger partial charge in [0.25, 0.3) is 0 Å². The topological polar surface area (TPSA) is 49.1 Å². The molecule has 0 aliphatic heterocycles. The van der Waals surface area contributed by atoms with Gasteiger partial charge in [0.05, 0.1) is 17.1 Å². The lowest BCUT2D eigenvalue weighted by molar-refractivity contribution is 1.28. The number of rotatable bonds is 8. The fraction of sp³-hybridized carbons (Fsp3) is 0.0545. The smallest absolute Gasteiger partial charge is 0.0780 e. The predicted molar refractivity (Wildman–Crippen MR) is 247 cm³/mol. The SMILES string of the molecule is C=N/C(=C(/C)C(=N)c1ccccc1)c1ccccc1C.Cc1cc(-c2ccc(C3=C=C(c4ccccc4)C=C3)nc2)cc(-c2cc3ccccc3c3ccccc23)c1. The summed E-state index contributed by atoms with van der Waals surface area (Å²) in [6, 6.07) is 58.9. The first-order valence-electron chi connectivity index (χ1n) is 19.5. The first-order valence-corrected chi connectivity index (χ1v) is 19.5. The van der Waals surface area contributed by atoms with Crippen molar-refractivity contribution >= 4 is 50.8 Å². The lowest BCUT2D eigenvalue weighted by Crippen LogP contribution is -2.03. The summed E-state index contributed by atoms with van der Waals surface area (Å²) in [6.07, 6.45) is 6.19. The number of pyridine rings is 1. The zero-order valence-electron chi connectivity index (χ0n) is 33.0. The van der Waals surface area contributed by atoms with E-state index in [1.165, 1.54) is 49.4 Å². The molecule has 58 heavy (non-hydrogen) atoms. The third-order valence-corrected chi connectivity index (χ3v) is 10.7. The molecule has 0 fully saturated rings. The van der Waals surface area contributed by atoms with Crippen LogP contribution in [0.1, 0.15) is 40.4 Å². The molecule has 0 amide bonds. The number of fused-ring (bicyclic) bond motifs is 3. The molecule has 0 saturated carbocycles. The zero-order chi connectivity index (χ0) is 40.0. The van der Waals surface area contributed by atoms with Crippen LogP contribution < -0.4 is 0 Å². The molecule has 1 N–H and O–H groups in total. The number of benzene rings is 7. The molecule has 3 nitrogen and oxygen atoms in total. The predicted octanol–water partition coefficient (Wildman–Crippen LogP) is 14.2. The molecule has 1 heterocycles. The van der Waals surface area contributed by atoms with E-state index < -0.39 is 0 Å². The number of nitrogens with one attached hydrogen (secondary N) is 1. The molecular weight excluding hydrogens is 703 g/mol. The molecule has 3 heteroatoms. The van der Waals surface area contributed by atoms with Gasteiger partial charge < -0.3 is 0 Å². The Kier molecular flexibility index (Phi) is 10.8. The van der Waals surface area contributed by atoms with Crippen LogP contribution in [0.2, 0.25) is 0 Å². The monoisotopic (exact) mass is 745 g/mol. The second-order valence-electron chi connectivity index (χ2n) is 14.6. The van der Waals surface area contributed by atoms with Crippen molar-refractivity contribution in [1.29, 1.82) is 5.41 Å². The molecule has 0 spiro atoms. The molecule has 1 aromatic heterocycles. The summed E-state index contributed by atoms with van der Waals surface area (Å²) in [6.45, 7) is 9.80. The van der Waals surface area contributed by atoms with Gasteiger partial charge in [0, 0.05) is 34.0 Å². The summed E-state index contributed by atoms with van der Waals surface area (Å²) in [5.41, 5.74) is 18.9. The molecule has 9 rings (SSSR count). The van der Waals surface area contributed by atoms with Crippen molar-refractivity contribution in [1.82, 2.24) is 4.98 Å². The van der Waals surface area contributed by atoms with Crippen LogP contribution in [0.3, 0.4) is 0 Å². The Labute approximate surface area is 341 Å². The van der Waals surface area contributed by atoms with Crippen molar-refractivity contribution in [3.05, 3.63) is 233 Å². The summed E-state index contributed by atoms with van der Waals surface area (Å²) in [5.74, 6) is 0. The zero-order valence-corrected chi connectivity index (χ0v) is 33.0. The quantitative estimate of drug-likeness (QED) is 0.0940. The lowest BCUT2D eigenvalue weighted by Gasteiger charge is -2.13. The van der Waals surface area contributed by atoms with Crippen molar-refractivity contribution in [2.75, 3.05) is 0 Å². The van der Waals surface area contributed by atoms with E-state index in [1.807, 2.05) is 80.7 Å². The normalized spacial score (nSPS) is 12.3. The van der Waals surface area contributed by atoms with Crippen molar-refractivity contribution in [3.8, 4) is 22.3 Å². The van der Waals surface area contributed by atoms with Gasteiger partial charge >= 0.3 is 0 Å². The lowest BCUT2D eigenvalue weighted by atomic mass is 9.91. The molecule has 0 unspecified atom stereocenters. The standard InChI is InChI=1S/C37H25N.C18H18N2/c1-25-19-31(30-17-18-37(38-24-30)29-16-15-27(21-29)26-9-3-2-4-10-26)22-32(20-25)36-23-28-11-5-6-12-33(28)34-13-7-8-14-35(34)36;1-13-9-7-8-12-16(13)18(20-3)14(2)17(19)15-10-5-4-6-11-15/h2-20,22-24H,1H3;4-12,19H,3H2,1-2H3/b;18-14-,19-17?. The maximum Gasteiger partial charge on any atom is 0.0780 e. The van der Waals surface area contributed by atoms with E-state index >= 15 is 0 Å². The number of hydrogen-bond acceptors (Lipinski definition) is 3. The number of aliphatic imine (C=N–C) groups is 1. The first-order chi connectivity index (χ1) is 28.4. The van der Waals surface area contributed by atoms with E-state index in [0.29, 0.717) is 5.71 Å². The Balaban J connectivity index is 0.000000199. The summed E-state index contributed by atoms with van der Waals surface area (Å²) in [4.78, 5) is 8.98. The van der Waals surface area contributed by atoms with E-state index in [0.717, 1.165) is 50.4 Å². The van der Waals surface area contributed by atoms with Crippen LogP contribution in [0, 0.1) is 19.3 Å². The van der Waals surface area contributed by atoms with Crippen LogP contribution in [0.4, 0.5) is 0 Å². The van der Waals surface area contributed by atoms with Crippen LogP contribution in [-0.2, 0) is 0 Å². The third-order valence-electron chi connectivity index (χ3n) is 10.7. The van der Waals surface area contributed by atoms with Crippen molar-refractivity contribution < 1.29 is 0 Å². The van der Waals surface area contributed by atoms with E-state index in [1.54, 1.807) is 0 Å². The Hall–Kier alpha value is -7.45. The second kappa shape index (κ2) is 16.7. The highest BCUT2D eigenvalue weighted by Crippen LogP contribution is 2.37. The third kappa shape index (κ3) is 7.81. The van der Waals surface area contributed by atoms with Gasteiger partial charge in [0.2, 0.25) is 0 Å². The first kappa shape index (κ1) is 37.5. The van der Waals surface area contributed by atoms with Gasteiger partial charge in [-0.1, -0.05) is 152 Å². The van der Waals surface area contributed by atoms with Gasteiger partial charge in [-0.2, -0.15) is 0 Å². The van der Waals surface area contributed by atoms with Gasteiger partial charge in [-0.05, 0) is 118 Å². The minimum atomic E-state index is 0.483. The van der Waals surface area contributed by atoms with Gasteiger partial charge in [0.1, 0.15) is 0 Å². The Morgan fingerprint density at radius 2 is 1.22 bits per heavy atom. The molecule has 1 aliphatic carbocycles. The molecular formula is C55H43N3. The van der Waals surface area contributed by atoms with Crippen molar-refractivity contribution in [3.63, 3.8) is 0 Å². The van der Waals surface area contributed by atoms with E-state index in [2.05, 4.69) is 146 Å². The summed E-state index contributed by atoms with van der Waals surface area (Å²) in [7, 11) is 0. The number of aromatic nitrogens is 1. The Bertz CT molecular complexity index is 2960. The second-order valence-corrected chi connectivity index (χ2v) is 14.6. The molecule has 278 valence electrons. The van der Waals surface area contributed by atoms with Crippen LogP contribution in [0.15, 0.2) is 205 Å². The fourth-order valence-corrected chi connectivity index (χ4v) is 7.64. The molecule has 7 aromatic carbocycles. The fourth-order valence-electron chi connectivity index (χ4n) is 7.64. The Morgan fingerprint density at radius 1 is 0.586 bits per heavy atom. The Morgan fingerprint density at radius 3 is 1.95 bits per heavy atom. The maximum atomic E-state index is 8.34. The molecule has 1 aliphatic rings. The number of hydrogen-bond donors (Lipinski definition) is 1. The minimum absolute atomic E-state index is 0.483. The molecule has 8 aromatic rings. The minimum Gasteiger partial charge on any atom is -0.300 e. The molecule has 0 atom stereocenters. The number of allylic oxidation sites excluding steroid dienone is 4. The van der Waals surface area contributed by atoms with Gasteiger partial charge in [-0.3, -0.25) is 15.4 Å². The highest BCUT2D eigenvalue weighted by molar-refractivity contribution is 6.15. The highest BCUT2D eigenvalue weighted by Gasteiger charge is 2.14. The largest absolute Gasteiger partial charge is 0.300 e. The van der Waals surface area contributed by atoms with E-state index in [4.69, 9.17) is 10.4 Å². The number of nitrogens with zero attached hydrogens (tertiary/aromatic N) is 2. The van der Waals surface area contributed by atoms with Crippen molar-refractivity contribution in [2.45, 2.75) is 20.8 Å². The van der Waals surface area contributed by atoms with E-state index in [9.17, 15) is 0 Å². The van der Waals surface area contributed by atoms with Crippen molar-refractivity contribution in [2.24, 2.45) is 4.99 Å². The average molecular weight is 746 g/mol. The summed E-state index contributed by atoms with van der Waals surface area (Å²) >= 11 is 0. The van der Waals surface area contributed by atoms with Crippen LogP contribution in [0.5, 0.6) is 0 Å². The van der Waals surface area contributed by atoms with Crippen LogP contribution in [0.25, 0.3) is 60.6 Å². The van der Waals surface area contributed by atoms with Gasteiger partial charge in [0.15, 0.2) is 0 Å². The molecule has 0 radical (unpaired) electrons. The summed E-state index contributed by atoms with van der Waals surface area (Å²) in [5, 5.41) is 13.5. The molecule has 0 bridgehead atoms. The molecule has 0 saturated heterocycles. The summed E-state index contributed by atoms with van der Waals surface area (Å²) < 4.78 is 0. The van der Waals surface area contributed by atoms with E-state index in [-0.39, 0.29) is 0 Å². The highest BCUT2D eigenvalue weighted by atomic mass is 14.7. The number of aryl methyl sites for hydroxylation is 2. The maximum absolute atomic E-state index is 8.34. The van der Waals surface area contributed by atoms with Gasteiger partial charge in [-0.25, -0.2) is 0 Å². The average Bonchev–Trinajstić information content (AvgIpc) is 3.78.